The molecular weight excluding hydrogens is 310 g/mol. The molecule has 0 radical (unpaired) electrons. The van der Waals surface area contributed by atoms with E-state index in [1.54, 1.807) is 0 Å². The highest BCUT2D eigenvalue weighted by Crippen LogP contribution is 2.36. The molecular formula is C10H11BrClN3S. The van der Waals surface area contributed by atoms with Gasteiger partial charge in [-0.3, -0.25) is 4.68 Å². The predicted octanol–water partition coefficient (Wildman–Crippen LogP) is 3.07. The van der Waals surface area contributed by atoms with Crippen LogP contribution < -0.4 is 5.73 Å². The lowest BCUT2D eigenvalue weighted by molar-refractivity contribution is 0.707. The second-order valence-electron chi connectivity index (χ2n) is 3.38. The van der Waals surface area contributed by atoms with E-state index < -0.39 is 0 Å². The van der Waals surface area contributed by atoms with E-state index in [1.807, 2.05) is 23.9 Å². The monoisotopic (exact) mass is 319 g/mol. The lowest BCUT2D eigenvalue weighted by Crippen LogP contribution is -2.07. The van der Waals surface area contributed by atoms with Crippen LogP contribution in [0.3, 0.4) is 0 Å². The van der Waals surface area contributed by atoms with Crippen molar-refractivity contribution in [2.75, 3.05) is 6.54 Å². The molecule has 0 atom stereocenters. The quantitative estimate of drug-likeness (QED) is 0.944. The highest BCUT2D eigenvalue weighted by molar-refractivity contribution is 9.10. The van der Waals surface area contributed by atoms with Crippen molar-refractivity contribution in [1.82, 2.24) is 9.78 Å². The Bertz CT molecular complexity index is 506. The molecule has 2 aromatic rings. The summed E-state index contributed by atoms with van der Waals surface area (Å²) in [4.78, 5) is 1.07. The third-order valence-electron chi connectivity index (χ3n) is 2.29. The van der Waals surface area contributed by atoms with Crippen LogP contribution in [0.25, 0.3) is 10.6 Å². The number of nitrogens with zero attached hydrogens (tertiary/aromatic N) is 2. The molecule has 0 aromatic carbocycles. The predicted molar refractivity (Wildman–Crippen MR) is 72.0 cm³/mol. The van der Waals surface area contributed by atoms with Gasteiger partial charge in [-0.2, -0.15) is 5.10 Å². The van der Waals surface area contributed by atoms with Crippen molar-refractivity contribution in [3.05, 3.63) is 26.6 Å². The Labute approximate surface area is 111 Å². The summed E-state index contributed by atoms with van der Waals surface area (Å²) in [6.07, 6.45) is 0.809. The topological polar surface area (TPSA) is 43.8 Å². The molecule has 0 aliphatic carbocycles. The van der Waals surface area contributed by atoms with Gasteiger partial charge in [-0.25, -0.2) is 0 Å². The molecule has 3 nitrogen and oxygen atoms in total. The van der Waals surface area contributed by atoms with Gasteiger partial charge in [0.2, 0.25) is 0 Å². The molecule has 0 saturated heterocycles. The number of hydrogen-bond donors (Lipinski definition) is 1. The van der Waals surface area contributed by atoms with Gasteiger partial charge in [0.1, 0.15) is 5.69 Å². The summed E-state index contributed by atoms with van der Waals surface area (Å²) in [5.41, 5.74) is 7.62. The summed E-state index contributed by atoms with van der Waals surface area (Å²) in [6, 6.07) is 3.86. The zero-order chi connectivity index (χ0) is 11.7. The van der Waals surface area contributed by atoms with Crippen LogP contribution in [0, 0.1) is 0 Å². The largest absolute Gasteiger partial charge is 0.330 e. The minimum atomic E-state index is 0.614. The molecule has 0 saturated carbocycles. The molecule has 2 aromatic heterocycles. The molecule has 0 aliphatic rings. The molecule has 2 rings (SSSR count). The third-order valence-corrected chi connectivity index (χ3v) is 4.36. The Morgan fingerprint density at radius 3 is 2.88 bits per heavy atom. The van der Waals surface area contributed by atoms with Gasteiger partial charge in [-0.1, -0.05) is 11.6 Å². The molecule has 0 unspecified atom stereocenters. The summed E-state index contributed by atoms with van der Waals surface area (Å²) >= 11 is 11.0. The van der Waals surface area contributed by atoms with Crippen molar-refractivity contribution in [3.8, 4) is 10.6 Å². The molecule has 0 amide bonds. The van der Waals surface area contributed by atoms with Gasteiger partial charge in [-0.15, -0.1) is 11.3 Å². The van der Waals surface area contributed by atoms with Gasteiger partial charge in [0.15, 0.2) is 0 Å². The van der Waals surface area contributed by atoms with Gasteiger partial charge in [0, 0.05) is 13.5 Å². The van der Waals surface area contributed by atoms with E-state index in [2.05, 4.69) is 21.0 Å². The molecule has 0 fully saturated rings. The number of halogens is 2. The van der Waals surface area contributed by atoms with E-state index in [9.17, 15) is 0 Å². The van der Waals surface area contributed by atoms with Crippen LogP contribution in [-0.4, -0.2) is 16.3 Å². The lowest BCUT2D eigenvalue weighted by atomic mass is 10.2. The summed E-state index contributed by atoms with van der Waals surface area (Å²) in [5.74, 6) is 0. The molecule has 2 N–H and O–H groups in total. The van der Waals surface area contributed by atoms with Crippen molar-refractivity contribution in [2.24, 2.45) is 12.8 Å². The number of hydrogen-bond acceptors (Lipinski definition) is 3. The Morgan fingerprint density at radius 2 is 2.31 bits per heavy atom. The Hall–Kier alpha value is -0.360. The number of nitrogens with two attached hydrogens (primary N) is 1. The minimum absolute atomic E-state index is 0.614. The Kier molecular flexibility index (Phi) is 3.69. The summed E-state index contributed by atoms with van der Waals surface area (Å²) in [5, 5.41) is 4.48. The fourth-order valence-electron chi connectivity index (χ4n) is 1.54. The first-order chi connectivity index (χ1) is 7.63. The lowest BCUT2D eigenvalue weighted by Gasteiger charge is -1.98. The number of aryl methyl sites for hydroxylation is 1. The summed E-state index contributed by atoms with van der Waals surface area (Å²) in [7, 11) is 1.93. The van der Waals surface area contributed by atoms with E-state index >= 15 is 0 Å². The first kappa shape index (κ1) is 12.1. The van der Waals surface area contributed by atoms with Gasteiger partial charge in [-0.05, 0) is 34.6 Å². The van der Waals surface area contributed by atoms with Crippen LogP contribution >= 0.6 is 38.9 Å². The van der Waals surface area contributed by atoms with Crippen LogP contribution in [0.5, 0.6) is 0 Å². The van der Waals surface area contributed by atoms with Gasteiger partial charge < -0.3 is 5.73 Å². The average molecular weight is 321 g/mol. The second kappa shape index (κ2) is 4.87. The van der Waals surface area contributed by atoms with Crippen LogP contribution in [0.2, 0.25) is 4.34 Å². The number of rotatable bonds is 3. The van der Waals surface area contributed by atoms with Gasteiger partial charge in [0.05, 0.1) is 19.4 Å². The zero-order valence-electron chi connectivity index (χ0n) is 8.70. The SMILES string of the molecule is Cn1nc(-c2ccc(Cl)s2)c(Br)c1CCN. The van der Waals surface area contributed by atoms with Crippen molar-refractivity contribution in [3.63, 3.8) is 0 Å². The molecule has 0 spiro atoms. The van der Waals surface area contributed by atoms with Crippen molar-refractivity contribution < 1.29 is 0 Å². The van der Waals surface area contributed by atoms with Crippen LogP contribution in [0.1, 0.15) is 5.69 Å². The Balaban J connectivity index is 2.46. The Morgan fingerprint density at radius 1 is 1.56 bits per heavy atom. The van der Waals surface area contributed by atoms with Crippen LogP contribution in [-0.2, 0) is 13.5 Å². The summed E-state index contributed by atoms with van der Waals surface area (Å²) < 4.78 is 3.65. The van der Waals surface area contributed by atoms with E-state index in [0.29, 0.717) is 6.54 Å². The van der Waals surface area contributed by atoms with E-state index in [1.165, 1.54) is 11.3 Å². The smallest absolute Gasteiger partial charge is 0.117 e. The molecule has 0 bridgehead atoms. The third kappa shape index (κ3) is 2.18. The van der Waals surface area contributed by atoms with Crippen molar-refractivity contribution in [1.29, 1.82) is 0 Å². The van der Waals surface area contributed by atoms with Crippen molar-refractivity contribution >= 4 is 38.9 Å². The first-order valence-electron chi connectivity index (χ1n) is 4.80. The van der Waals surface area contributed by atoms with E-state index in [4.69, 9.17) is 17.3 Å². The maximum absolute atomic E-state index is 5.92. The molecule has 16 heavy (non-hydrogen) atoms. The van der Waals surface area contributed by atoms with Crippen LogP contribution in [0.15, 0.2) is 16.6 Å². The second-order valence-corrected chi connectivity index (χ2v) is 5.88. The molecule has 6 heteroatoms. The maximum atomic E-state index is 5.92. The number of thiophene rings is 1. The minimum Gasteiger partial charge on any atom is -0.330 e. The molecule has 2 heterocycles. The highest BCUT2D eigenvalue weighted by atomic mass is 79.9. The summed E-state index contributed by atoms with van der Waals surface area (Å²) in [6.45, 7) is 0.614. The molecule has 0 aliphatic heterocycles. The normalized spacial score (nSPS) is 11.0. The molecule has 86 valence electrons. The highest BCUT2D eigenvalue weighted by Gasteiger charge is 2.15. The van der Waals surface area contributed by atoms with E-state index in [-0.39, 0.29) is 0 Å². The van der Waals surface area contributed by atoms with Crippen LogP contribution in [0.4, 0.5) is 0 Å². The first-order valence-corrected chi connectivity index (χ1v) is 6.79. The number of aromatic nitrogens is 2. The van der Waals surface area contributed by atoms with Crippen molar-refractivity contribution in [2.45, 2.75) is 6.42 Å². The standard InChI is InChI=1S/C10H11BrClN3S/c1-15-6(4-5-13)9(11)10(14-15)7-2-3-8(12)16-7/h2-3H,4-5,13H2,1H3. The fourth-order valence-corrected chi connectivity index (χ4v) is 3.45. The fraction of sp³-hybridized carbons (Fsp3) is 0.300. The van der Waals surface area contributed by atoms with Gasteiger partial charge >= 0.3 is 0 Å². The maximum Gasteiger partial charge on any atom is 0.117 e. The van der Waals surface area contributed by atoms with Gasteiger partial charge in [0.25, 0.3) is 0 Å². The average Bonchev–Trinajstić information content (AvgIpc) is 2.77. The zero-order valence-corrected chi connectivity index (χ0v) is 11.9. The van der Waals surface area contributed by atoms with E-state index in [0.717, 1.165) is 31.5 Å².